The third-order valence-corrected chi connectivity index (χ3v) is 11.2. The first-order valence-corrected chi connectivity index (χ1v) is 16.8. The Morgan fingerprint density at radius 1 is 0.929 bits per heavy atom. The van der Waals surface area contributed by atoms with Crippen molar-refractivity contribution >= 4 is 59.5 Å². The quantitative estimate of drug-likeness (QED) is 0.183. The highest BCUT2D eigenvalue weighted by molar-refractivity contribution is 7.92. The third-order valence-electron chi connectivity index (χ3n) is 7.33. The molecular formula is C32H32N4O3S3. The molecule has 10 heteroatoms. The van der Waals surface area contributed by atoms with Crippen LogP contribution in [0.3, 0.4) is 0 Å². The smallest absolute Gasteiger partial charge is 0.261 e. The van der Waals surface area contributed by atoms with Crippen LogP contribution < -0.4 is 15.4 Å². The van der Waals surface area contributed by atoms with E-state index < -0.39 is 15.9 Å². The van der Waals surface area contributed by atoms with E-state index >= 15 is 0 Å². The van der Waals surface area contributed by atoms with Gasteiger partial charge in [0.15, 0.2) is 0 Å². The number of rotatable bonds is 6. The Balaban J connectivity index is 1.41. The van der Waals surface area contributed by atoms with Crippen molar-refractivity contribution in [2.24, 2.45) is 0 Å². The maximum Gasteiger partial charge on any atom is 0.261 e. The molecule has 7 nitrogen and oxygen atoms in total. The van der Waals surface area contributed by atoms with E-state index in [0.717, 1.165) is 37.6 Å². The molecule has 0 saturated carbocycles. The number of fused-ring (bicyclic) bond motifs is 2. The number of hydrogen-bond acceptors (Lipinski definition) is 7. The van der Waals surface area contributed by atoms with E-state index in [-0.39, 0.29) is 27.2 Å². The molecule has 42 heavy (non-hydrogen) atoms. The molecule has 0 fully saturated rings. The SMILES string of the molecule is Cc1ccc(S(=O)(=O)Nc2ccccc2C(=O)Nc2sc3c(c2-c2nc4ccccc4s2)CC(C)(C)NC3(C)C)cc1. The summed E-state index contributed by atoms with van der Waals surface area (Å²) in [7, 11) is -3.90. The standard InChI is InChI=1S/C32H32N4O3S3/c1-19-14-16-20(17-15-19)42(38,39)35-23-11-7-6-10-21(23)28(37)34-30-26(29-33-24-12-8-9-13-25(24)40-29)22-18-31(2,3)36-32(4,5)27(22)41-30/h6-17,35-36H,18H2,1-5H3,(H,34,37). The van der Waals surface area contributed by atoms with Crippen LogP contribution in [-0.4, -0.2) is 24.8 Å². The molecule has 3 aromatic carbocycles. The predicted octanol–water partition coefficient (Wildman–Crippen LogP) is 7.55. The highest BCUT2D eigenvalue weighted by Crippen LogP contribution is 2.50. The topological polar surface area (TPSA) is 100 Å². The van der Waals surface area contributed by atoms with Gasteiger partial charge in [-0.2, -0.15) is 0 Å². The number of nitrogens with zero attached hydrogens (tertiary/aromatic N) is 1. The van der Waals surface area contributed by atoms with E-state index in [1.54, 1.807) is 71.2 Å². The minimum atomic E-state index is -3.90. The first kappa shape index (κ1) is 28.5. The molecule has 0 saturated heterocycles. The van der Waals surface area contributed by atoms with Crippen molar-refractivity contribution in [2.75, 3.05) is 10.0 Å². The maximum atomic E-state index is 13.9. The lowest BCUT2D eigenvalue weighted by atomic mass is 9.81. The maximum absolute atomic E-state index is 13.9. The molecule has 0 atom stereocenters. The fourth-order valence-corrected chi connectivity index (χ4v) is 9.14. The summed E-state index contributed by atoms with van der Waals surface area (Å²) >= 11 is 3.16. The average Bonchev–Trinajstić information content (AvgIpc) is 3.49. The molecule has 5 aromatic rings. The molecule has 0 bridgehead atoms. The van der Waals surface area contributed by atoms with E-state index in [4.69, 9.17) is 4.98 Å². The molecule has 1 amide bonds. The van der Waals surface area contributed by atoms with E-state index in [1.165, 1.54) is 5.56 Å². The van der Waals surface area contributed by atoms with Crippen molar-refractivity contribution in [3.63, 3.8) is 0 Å². The zero-order valence-electron chi connectivity index (χ0n) is 24.0. The molecular weight excluding hydrogens is 585 g/mol. The summed E-state index contributed by atoms with van der Waals surface area (Å²) in [5.41, 5.74) is 3.94. The van der Waals surface area contributed by atoms with Crippen LogP contribution in [0.15, 0.2) is 77.7 Å². The average molecular weight is 617 g/mol. The number of hydrogen-bond donors (Lipinski definition) is 3. The lowest BCUT2D eigenvalue weighted by molar-refractivity contribution is 0.102. The number of thiophene rings is 1. The van der Waals surface area contributed by atoms with Gasteiger partial charge in [-0.1, -0.05) is 42.0 Å². The van der Waals surface area contributed by atoms with Gasteiger partial charge in [-0.3, -0.25) is 9.52 Å². The van der Waals surface area contributed by atoms with E-state index in [9.17, 15) is 13.2 Å². The number of aromatic nitrogens is 1. The van der Waals surface area contributed by atoms with Gasteiger partial charge in [0.2, 0.25) is 0 Å². The van der Waals surface area contributed by atoms with Crippen molar-refractivity contribution in [3.05, 3.63) is 94.4 Å². The summed E-state index contributed by atoms with van der Waals surface area (Å²) in [5.74, 6) is -0.400. The summed E-state index contributed by atoms with van der Waals surface area (Å²) in [6.07, 6.45) is 0.774. The summed E-state index contributed by atoms with van der Waals surface area (Å²) in [6, 6.07) is 21.3. The number of amides is 1. The van der Waals surface area contributed by atoms with Crippen molar-refractivity contribution in [1.29, 1.82) is 0 Å². The van der Waals surface area contributed by atoms with Crippen molar-refractivity contribution in [3.8, 4) is 10.6 Å². The predicted molar refractivity (Wildman–Crippen MR) is 173 cm³/mol. The van der Waals surface area contributed by atoms with Crippen LogP contribution in [-0.2, 0) is 22.0 Å². The minimum absolute atomic E-state index is 0.129. The number of thiazole rings is 1. The normalized spacial score (nSPS) is 15.7. The molecule has 2 aromatic heterocycles. The summed E-state index contributed by atoms with van der Waals surface area (Å²) < 4.78 is 30.1. The monoisotopic (exact) mass is 616 g/mol. The Hall–Kier alpha value is -3.57. The first-order valence-electron chi connectivity index (χ1n) is 13.6. The largest absolute Gasteiger partial charge is 0.313 e. The first-order chi connectivity index (χ1) is 19.8. The zero-order valence-corrected chi connectivity index (χ0v) is 26.5. The van der Waals surface area contributed by atoms with Gasteiger partial charge in [-0.15, -0.1) is 22.7 Å². The van der Waals surface area contributed by atoms with E-state index in [0.29, 0.717) is 5.00 Å². The lowest BCUT2D eigenvalue weighted by Gasteiger charge is -2.42. The van der Waals surface area contributed by atoms with Crippen molar-refractivity contribution in [1.82, 2.24) is 10.3 Å². The molecule has 0 unspecified atom stereocenters. The Kier molecular flexibility index (Phi) is 7.00. The van der Waals surface area contributed by atoms with E-state index in [1.807, 2.05) is 25.1 Å². The second kappa shape index (κ2) is 10.3. The number of para-hydroxylation sites is 2. The highest BCUT2D eigenvalue weighted by atomic mass is 32.2. The molecule has 3 N–H and O–H groups in total. The number of nitrogens with one attached hydrogen (secondary N) is 3. The second-order valence-electron chi connectivity index (χ2n) is 11.8. The molecule has 1 aliphatic rings. The zero-order chi connectivity index (χ0) is 29.9. The van der Waals surface area contributed by atoms with Gasteiger partial charge in [0.1, 0.15) is 10.0 Å². The molecule has 3 heterocycles. The Labute approximate surface area is 254 Å². The summed E-state index contributed by atoms with van der Waals surface area (Å²) in [5, 5.41) is 8.45. The van der Waals surface area contributed by atoms with Gasteiger partial charge in [0.25, 0.3) is 15.9 Å². The number of carbonyl (C=O) groups excluding carboxylic acids is 1. The number of anilines is 2. The molecule has 0 aliphatic carbocycles. The van der Waals surface area contributed by atoms with Gasteiger partial charge in [0, 0.05) is 21.5 Å². The van der Waals surface area contributed by atoms with Crippen LogP contribution >= 0.6 is 22.7 Å². The second-order valence-corrected chi connectivity index (χ2v) is 15.6. The van der Waals surface area contributed by atoms with Gasteiger partial charge < -0.3 is 10.6 Å². The van der Waals surface area contributed by atoms with Crippen LogP contribution in [0, 0.1) is 6.92 Å². The summed E-state index contributed by atoms with van der Waals surface area (Å²) in [6.45, 7) is 10.6. The van der Waals surface area contributed by atoms with Crippen LogP contribution in [0.5, 0.6) is 0 Å². The molecule has 0 radical (unpaired) electrons. The van der Waals surface area contributed by atoms with Crippen LogP contribution in [0.2, 0.25) is 0 Å². The molecule has 216 valence electrons. The highest BCUT2D eigenvalue weighted by Gasteiger charge is 2.41. The fraction of sp³-hybridized carbons (Fsp3) is 0.250. The van der Waals surface area contributed by atoms with E-state index in [2.05, 4.69) is 49.1 Å². The van der Waals surface area contributed by atoms with Gasteiger partial charge in [-0.25, -0.2) is 13.4 Å². The Morgan fingerprint density at radius 3 is 2.36 bits per heavy atom. The Bertz CT molecular complexity index is 1900. The number of aryl methyl sites for hydroxylation is 1. The van der Waals surface area contributed by atoms with Gasteiger partial charge in [-0.05, 0) is 83.0 Å². The van der Waals surface area contributed by atoms with Gasteiger partial charge >= 0.3 is 0 Å². The molecule has 0 spiro atoms. The Morgan fingerprint density at radius 2 is 1.62 bits per heavy atom. The number of carbonyl (C=O) groups is 1. The van der Waals surface area contributed by atoms with Crippen molar-refractivity contribution in [2.45, 2.75) is 57.0 Å². The van der Waals surface area contributed by atoms with Crippen LogP contribution in [0.4, 0.5) is 10.7 Å². The third kappa shape index (κ3) is 5.35. The molecule has 1 aliphatic heterocycles. The molecule has 6 rings (SSSR count). The lowest BCUT2D eigenvalue weighted by Crippen LogP contribution is -2.54. The van der Waals surface area contributed by atoms with Gasteiger partial charge in [0.05, 0.1) is 26.4 Å². The minimum Gasteiger partial charge on any atom is -0.313 e. The van der Waals surface area contributed by atoms with Crippen LogP contribution in [0.1, 0.15) is 54.1 Å². The fourth-order valence-electron chi connectivity index (χ4n) is 5.68. The van der Waals surface area contributed by atoms with Crippen molar-refractivity contribution < 1.29 is 13.2 Å². The van der Waals surface area contributed by atoms with Crippen LogP contribution in [0.25, 0.3) is 20.8 Å². The summed E-state index contributed by atoms with van der Waals surface area (Å²) in [4.78, 5) is 20.1. The number of sulfonamides is 1. The number of benzene rings is 3.